The number of nitrogens with zero attached hydrogens (tertiary/aromatic N) is 4. The third-order valence-corrected chi connectivity index (χ3v) is 3.50. The molecule has 0 fully saturated rings. The van der Waals surface area contributed by atoms with Crippen LogP contribution < -0.4 is 9.64 Å². The fraction of sp³-hybridized carbons (Fsp3) is 0.250. The van der Waals surface area contributed by atoms with Gasteiger partial charge in [0.15, 0.2) is 5.65 Å². The molecule has 0 atom stereocenters. The van der Waals surface area contributed by atoms with Gasteiger partial charge in [-0.3, -0.25) is 4.57 Å². The summed E-state index contributed by atoms with van der Waals surface area (Å²) < 4.78 is 7.27. The first-order valence-electron chi connectivity index (χ1n) is 6.80. The van der Waals surface area contributed by atoms with Gasteiger partial charge in [0.05, 0.1) is 7.11 Å². The maximum atomic E-state index is 5.26. The molecule has 0 saturated carbocycles. The molecule has 0 bridgehead atoms. The molecule has 0 spiro atoms. The van der Waals surface area contributed by atoms with Crippen LogP contribution in [0.5, 0.6) is 5.75 Å². The number of fused-ring (bicyclic) bond motifs is 1. The van der Waals surface area contributed by atoms with Crippen molar-refractivity contribution >= 4 is 17.1 Å². The second-order valence-electron chi connectivity index (χ2n) is 5.02. The topological polar surface area (TPSA) is 43.2 Å². The Kier molecular flexibility index (Phi) is 3.48. The number of aryl methyl sites for hydroxylation is 1. The highest BCUT2D eigenvalue weighted by atomic mass is 16.5. The maximum Gasteiger partial charge on any atom is 0.207 e. The standard InChI is InChI=1S/C16H18N4O/c1-19(11-12-6-4-7-13(10-12)21-3)16-18-14-8-5-9-17-15(14)20(16)2/h4-10H,11H2,1-3H3. The molecule has 3 rings (SSSR count). The summed E-state index contributed by atoms with van der Waals surface area (Å²) in [7, 11) is 5.69. The summed E-state index contributed by atoms with van der Waals surface area (Å²) in [5.74, 6) is 1.76. The number of ether oxygens (including phenoxy) is 1. The first kappa shape index (κ1) is 13.4. The van der Waals surface area contributed by atoms with E-state index < -0.39 is 0 Å². The van der Waals surface area contributed by atoms with E-state index in [1.807, 2.05) is 49.0 Å². The van der Waals surface area contributed by atoms with Crippen LogP contribution in [0.1, 0.15) is 5.56 Å². The molecule has 2 heterocycles. The van der Waals surface area contributed by atoms with Crippen LogP contribution in [0.25, 0.3) is 11.2 Å². The smallest absolute Gasteiger partial charge is 0.207 e. The molecular weight excluding hydrogens is 264 g/mol. The molecule has 0 saturated heterocycles. The number of benzene rings is 1. The molecule has 0 amide bonds. The fourth-order valence-electron chi connectivity index (χ4n) is 2.47. The average Bonchev–Trinajstić information content (AvgIpc) is 2.85. The third kappa shape index (κ3) is 2.54. The largest absolute Gasteiger partial charge is 0.497 e. The molecule has 0 radical (unpaired) electrons. The lowest BCUT2D eigenvalue weighted by molar-refractivity contribution is 0.414. The van der Waals surface area contributed by atoms with Gasteiger partial charge in [-0.25, -0.2) is 9.97 Å². The zero-order valence-electron chi connectivity index (χ0n) is 12.4. The summed E-state index contributed by atoms with van der Waals surface area (Å²) >= 11 is 0. The van der Waals surface area contributed by atoms with Crippen molar-refractivity contribution in [2.45, 2.75) is 6.54 Å². The monoisotopic (exact) mass is 282 g/mol. The third-order valence-electron chi connectivity index (χ3n) is 3.50. The van der Waals surface area contributed by atoms with Gasteiger partial charge in [-0.05, 0) is 29.8 Å². The van der Waals surface area contributed by atoms with E-state index >= 15 is 0 Å². The van der Waals surface area contributed by atoms with Gasteiger partial charge in [-0.1, -0.05) is 12.1 Å². The molecule has 0 aliphatic carbocycles. The Hall–Kier alpha value is -2.56. The van der Waals surface area contributed by atoms with Gasteiger partial charge in [0, 0.05) is 26.8 Å². The number of pyridine rings is 1. The Labute approximate surface area is 123 Å². The lowest BCUT2D eigenvalue weighted by atomic mass is 10.2. The van der Waals surface area contributed by atoms with Crippen molar-refractivity contribution in [3.8, 4) is 5.75 Å². The molecule has 21 heavy (non-hydrogen) atoms. The molecule has 2 aromatic heterocycles. The normalized spacial score (nSPS) is 10.8. The molecule has 0 aliphatic rings. The zero-order chi connectivity index (χ0) is 14.8. The molecule has 5 heteroatoms. The van der Waals surface area contributed by atoms with Crippen molar-refractivity contribution in [3.63, 3.8) is 0 Å². The first-order chi connectivity index (χ1) is 10.2. The first-order valence-corrected chi connectivity index (χ1v) is 6.80. The van der Waals surface area contributed by atoms with Crippen molar-refractivity contribution in [2.75, 3.05) is 19.1 Å². The van der Waals surface area contributed by atoms with Gasteiger partial charge < -0.3 is 9.64 Å². The minimum atomic E-state index is 0.758. The van der Waals surface area contributed by atoms with Gasteiger partial charge >= 0.3 is 0 Å². The average molecular weight is 282 g/mol. The van der Waals surface area contributed by atoms with Crippen LogP contribution in [0.2, 0.25) is 0 Å². The van der Waals surface area contributed by atoms with Crippen LogP contribution in [-0.2, 0) is 13.6 Å². The molecule has 3 aromatic rings. The SMILES string of the molecule is COc1cccc(CN(C)c2nc3cccnc3n2C)c1. The molecule has 0 N–H and O–H groups in total. The van der Waals surface area contributed by atoms with Crippen LogP contribution in [0.3, 0.4) is 0 Å². The maximum absolute atomic E-state index is 5.26. The highest BCUT2D eigenvalue weighted by molar-refractivity contribution is 5.74. The molecule has 0 unspecified atom stereocenters. The molecule has 108 valence electrons. The predicted octanol–water partition coefficient (Wildman–Crippen LogP) is 2.61. The number of hydrogen-bond donors (Lipinski definition) is 0. The highest BCUT2D eigenvalue weighted by Crippen LogP contribution is 2.21. The number of hydrogen-bond acceptors (Lipinski definition) is 4. The molecular formula is C16H18N4O. The van der Waals surface area contributed by atoms with Gasteiger partial charge in [0.1, 0.15) is 11.3 Å². The Balaban J connectivity index is 1.89. The number of anilines is 1. The summed E-state index contributed by atoms with van der Waals surface area (Å²) in [4.78, 5) is 11.1. The number of methoxy groups -OCH3 is 1. The number of imidazole rings is 1. The Bertz CT molecular complexity index is 766. The second kappa shape index (κ2) is 5.44. The van der Waals surface area contributed by atoms with Gasteiger partial charge in [0.25, 0.3) is 0 Å². The van der Waals surface area contributed by atoms with Crippen LogP contribution in [-0.4, -0.2) is 28.7 Å². The lowest BCUT2D eigenvalue weighted by Gasteiger charge is -2.18. The summed E-state index contributed by atoms with van der Waals surface area (Å²) in [5.41, 5.74) is 2.98. The quantitative estimate of drug-likeness (QED) is 0.738. The van der Waals surface area contributed by atoms with Crippen molar-refractivity contribution < 1.29 is 4.74 Å². The Morgan fingerprint density at radius 2 is 2.10 bits per heavy atom. The molecule has 1 aromatic carbocycles. The highest BCUT2D eigenvalue weighted by Gasteiger charge is 2.12. The van der Waals surface area contributed by atoms with Crippen LogP contribution >= 0.6 is 0 Å². The van der Waals surface area contributed by atoms with Crippen molar-refractivity contribution in [1.82, 2.24) is 14.5 Å². The van der Waals surface area contributed by atoms with E-state index in [9.17, 15) is 0 Å². The van der Waals surface area contributed by atoms with Crippen LogP contribution in [0.15, 0.2) is 42.6 Å². The van der Waals surface area contributed by atoms with Crippen molar-refractivity contribution in [2.24, 2.45) is 7.05 Å². The summed E-state index contributed by atoms with van der Waals surface area (Å²) in [6.45, 7) is 0.758. The van der Waals surface area contributed by atoms with Crippen LogP contribution in [0, 0.1) is 0 Å². The number of rotatable bonds is 4. The van der Waals surface area contributed by atoms with Crippen LogP contribution in [0.4, 0.5) is 5.95 Å². The molecule has 0 aliphatic heterocycles. The minimum Gasteiger partial charge on any atom is -0.497 e. The van der Waals surface area contributed by atoms with E-state index in [1.54, 1.807) is 13.3 Å². The Morgan fingerprint density at radius 3 is 2.86 bits per heavy atom. The van der Waals surface area contributed by atoms with E-state index in [4.69, 9.17) is 4.74 Å². The Morgan fingerprint density at radius 1 is 1.24 bits per heavy atom. The van der Waals surface area contributed by atoms with E-state index in [-0.39, 0.29) is 0 Å². The van der Waals surface area contributed by atoms with E-state index in [1.165, 1.54) is 5.56 Å². The van der Waals surface area contributed by atoms with E-state index in [2.05, 4.69) is 20.9 Å². The predicted molar refractivity (Wildman–Crippen MR) is 83.6 cm³/mol. The van der Waals surface area contributed by atoms with Gasteiger partial charge in [-0.2, -0.15) is 0 Å². The van der Waals surface area contributed by atoms with E-state index in [0.29, 0.717) is 0 Å². The molecule has 5 nitrogen and oxygen atoms in total. The lowest BCUT2D eigenvalue weighted by Crippen LogP contribution is -2.20. The number of aromatic nitrogens is 3. The van der Waals surface area contributed by atoms with Gasteiger partial charge in [0.2, 0.25) is 5.95 Å². The van der Waals surface area contributed by atoms with Crippen molar-refractivity contribution in [1.29, 1.82) is 0 Å². The zero-order valence-corrected chi connectivity index (χ0v) is 12.4. The summed E-state index contributed by atoms with van der Waals surface area (Å²) in [5, 5.41) is 0. The van der Waals surface area contributed by atoms with E-state index in [0.717, 1.165) is 29.4 Å². The fourth-order valence-corrected chi connectivity index (χ4v) is 2.47. The van der Waals surface area contributed by atoms with Crippen molar-refractivity contribution in [3.05, 3.63) is 48.2 Å². The van der Waals surface area contributed by atoms with Gasteiger partial charge in [-0.15, -0.1) is 0 Å². The summed E-state index contributed by atoms with van der Waals surface area (Å²) in [6, 6.07) is 11.9. The minimum absolute atomic E-state index is 0.758. The summed E-state index contributed by atoms with van der Waals surface area (Å²) in [6.07, 6.45) is 1.79. The second-order valence-corrected chi connectivity index (χ2v) is 5.02.